The number of hydrogen-bond acceptors (Lipinski definition) is 5. The Kier molecular flexibility index (Phi) is 3.36. The first-order chi connectivity index (χ1) is 10.1. The Morgan fingerprint density at radius 1 is 1.48 bits per heavy atom. The molecule has 0 fully saturated rings. The fraction of sp³-hybridized carbons (Fsp3) is 0.538. The molecular weight excluding hydrogens is 272 g/mol. The van der Waals surface area contributed by atoms with E-state index in [-0.39, 0.29) is 11.9 Å². The summed E-state index contributed by atoms with van der Waals surface area (Å²) in [5.74, 6) is 0.170. The molecule has 3 rings (SSSR count). The number of carbonyl (C=O) groups is 1. The molecule has 1 atom stereocenters. The van der Waals surface area contributed by atoms with E-state index in [4.69, 9.17) is 4.74 Å². The van der Waals surface area contributed by atoms with Gasteiger partial charge in [-0.05, 0) is 12.8 Å². The second-order valence-corrected chi connectivity index (χ2v) is 5.25. The highest BCUT2D eigenvalue weighted by Gasteiger charge is 2.26. The molecular formula is C13H18N6O2. The molecule has 112 valence electrons. The summed E-state index contributed by atoms with van der Waals surface area (Å²) in [6.07, 6.45) is 4.11. The summed E-state index contributed by atoms with van der Waals surface area (Å²) in [6.45, 7) is 0. The first-order valence-electron chi connectivity index (χ1n) is 6.84. The second-order valence-electron chi connectivity index (χ2n) is 5.25. The lowest BCUT2D eigenvalue weighted by Gasteiger charge is -2.22. The molecule has 0 spiro atoms. The zero-order chi connectivity index (χ0) is 15.0. The van der Waals surface area contributed by atoms with Crippen LogP contribution in [0.2, 0.25) is 0 Å². The van der Waals surface area contributed by atoms with Crippen molar-refractivity contribution in [2.24, 2.45) is 14.1 Å². The zero-order valence-corrected chi connectivity index (χ0v) is 12.3. The molecule has 0 aliphatic heterocycles. The summed E-state index contributed by atoms with van der Waals surface area (Å²) in [7, 11) is 5.16. The highest BCUT2D eigenvalue weighted by atomic mass is 16.5. The van der Waals surface area contributed by atoms with Crippen molar-refractivity contribution in [3.8, 4) is 5.88 Å². The molecule has 0 aromatic carbocycles. The molecule has 0 saturated carbocycles. The van der Waals surface area contributed by atoms with Gasteiger partial charge in [0.2, 0.25) is 5.88 Å². The van der Waals surface area contributed by atoms with Gasteiger partial charge in [-0.3, -0.25) is 14.2 Å². The monoisotopic (exact) mass is 290 g/mol. The third-order valence-electron chi connectivity index (χ3n) is 3.76. The fourth-order valence-electron chi connectivity index (χ4n) is 2.69. The molecule has 0 saturated heterocycles. The minimum absolute atomic E-state index is 0.0617. The Labute approximate surface area is 122 Å². The Morgan fingerprint density at radius 3 is 3.05 bits per heavy atom. The van der Waals surface area contributed by atoms with Crippen LogP contribution < -0.4 is 10.1 Å². The van der Waals surface area contributed by atoms with Crippen LogP contribution in [0.15, 0.2) is 6.20 Å². The first kappa shape index (κ1) is 13.6. The van der Waals surface area contributed by atoms with Crippen molar-refractivity contribution in [3.63, 3.8) is 0 Å². The average molecular weight is 290 g/mol. The lowest BCUT2D eigenvalue weighted by Crippen LogP contribution is -2.39. The highest BCUT2D eigenvalue weighted by Crippen LogP contribution is 2.20. The van der Waals surface area contributed by atoms with Crippen molar-refractivity contribution in [2.75, 3.05) is 7.11 Å². The van der Waals surface area contributed by atoms with Gasteiger partial charge in [-0.2, -0.15) is 0 Å². The van der Waals surface area contributed by atoms with Crippen molar-refractivity contribution in [2.45, 2.75) is 25.3 Å². The molecule has 8 heteroatoms. The maximum absolute atomic E-state index is 12.3. The van der Waals surface area contributed by atoms with Crippen molar-refractivity contribution >= 4 is 5.91 Å². The Bertz CT molecular complexity index is 674. The lowest BCUT2D eigenvalue weighted by molar-refractivity contribution is 0.0930. The molecule has 2 aromatic rings. The Balaban J connectivity index is 1.71. The number of methoxy groups -OCH3 is 1. The predicted octanol–water partition coefficient (Wildman–Crippen LogP) is -0.155. The molecule has 0 radical (unpaired) electrons. The van der Waals surface area contributed by atoms with E-state index in [0.717, 1.165) is 24.2 Å². The molecule has 0 bridgehead atoms. The van der Waals surface area contributed by atoms with E-state index < -0.39 is 0 Å². The topological polar surface area (TPSA) is 86.9 Å². The van der Waals surface area contributed by atoms with Crippen molar-refractivity contribution in [3.05, 3.63) is 23.1 Å². The Morgan fingerprint density at radius 2 is 2.29 bits per heavy atom. The van der Waals surface area contributed by atoms with Crippen LogP contribution in [0, 0.1) is 0 Å². The Hall–Kier alpha value is -2.38. The van der Waals surface area contributed by atoms with Gasteiger partial charge in [0.15, 0.2) is 0 Å². The van der Waals surface area contributed by atoms with E-state index in [0.29, 0.717) is 17.9 Å². The van der Waals surface area contributed by atoms with Gasteiger partial charge in [-0.15, -0.1) is 10.2 Å². The largest absolute Gasteiger partial charge is 0.479 e. The van der Waals surface area contributed by atoms with Gasteiger partial charge in [0.1, 0.15) is 5.56 Å². The minimum atomic E-state index is -0.169. The van der Waals surface area contributed by atoms with Crippen LogP contribution in [0.1, 0.15) is 28.2 Å². The lowest BCUT2D eigenvalue weighted by atomic mass is 9.95. The second kappa shape index (κ2) is 5.19. The molecule has 1 N–H and O–H groups in total. The number of hydrogen-bond donors (Lipinski definition) is 1. The summed E-state index contributed by atoms with van der Waals surface area (Å²) in [5, 5.41) is 15.3. The van der Waals surface area contributed by atoms with Gasteiger partial charge in [-0.1, -0.05) is 5.21 Å². The average Bonchev–Trinajstić information content (AvgIpc) is 3.02. The van der Waals surface area contributed by atoms with Gasteiger partial charge in [0.05, 0.1) is 18.5 Å². The summed E-state index contributed by atoms with van der Waals surface area (Å²) in [6, 6.07) is 0.0617. The van der Waals surface area contributed by atoms with Crippen LogP contribution in [-0.2, 0) is 26.9 Å². The summed E-state index contributed by atoms with van der Waals surface area (Å²) >= 11 is 0. The maximum atomic E-state index is 12.3. The van der Waals surface area contributed by atoms with Crippen molar-refractivity contribution in [1.82, 2.24) is 30.1 Å². The van der Waals surface area contributed by atoms with E-state index in [9.17, 15) is 4.79 Å². The van der Waals surface area contributed by atoms with Crippen LogP contribution in [-0.4, -0.2) is 43.8 Å². The van der Waals surface area contributed by atoms with Crippen LogP contribution in [0.3, 0.4) is 0 Å². The van der Waals surface area contributed by atoms with Gasteiger partial charge in [0.25, 0.3) is 5.91 Å². The summed E-state index contributed by atoms with van der Waals surface area (Å²) in [4.78, 5) is 12.3. The van der Waals surface area contributed by atoms with E-state index in [1.54, 1.807) is 22.6 Å². The molecule has 1 unspecified atom stereocenters. The van der Waals surface area contributed by atoms with Crippen LogP contribution in [0.4, 0.5) is 0 Å². The number of ether oxygens (including phenoxy) is 1. The number of aryl methyl sites for hydroxylation is 2. The number of nitrogens with zero attached hydrogens (tertiary/aromatic N) is 5. The zero-order valence-electron chi connectivity index (χ0n) is 12.3. The molecule has 1 amide bonds. The van der Waals surface area contributed by atoms with Gasteiger partial charge >= 0.3 is 0 Å². The normalized spacial score (nSPS) is 17.4. The fourth-order valence-corrected chi connectivity index (χ4v) is 2.69. The van der Waals surface area contributed by atoms with E-state index in [2.05, 4.69) is 20.7 Å². The van der Waals surface area contributed by atoms with Crippen molar-refractivity contribution < 1.29 is 9.53 Å². The SMILES string of the molecule is COc1nn(C)cc1C(=O)NC1CCc2c(nnn2C)C1. The van der Waals surface area contributed by atoms with Gasteiger partial charge in [-0.25, -0.2) is 0 Å². The quantitative estimate of drug-likeness (QED) is 0.849. The van der Waals surface area contributed by atoms with Crippen LogP contribution >= 0.6 is 0 Å². The summed E-state index contributed by atoms with van der Waals surface area (Å²) in [5.41, 5.74) is 2.57. The first-order valence-corrected chi connectivity index (χ1v) is 6.84. The molecule has 1 aliphatic carbocycles. The highest BCUT2D eigenvalue weighted by molar-refractivity contribution is 5.96. The van der Waals surface area contributed by atoms with Crippen LogP contribution in [0.25, 0.3) is 0 Å². The third kappa shape index (κ3) is 2.48. The molecule has 8 nitrogen and oxygen atoms in total. The van der Waals surface area contributed by atoms with E-state index >= 15 is 0 Å². The maximum Gasteiger partial charge on any atom is 0.258 e. The molecule has 1 aliphatic rings. The van der Waals surface area contributed by atoms with Gasteiger partial charge < -0.3 is 10.1 Å². The van der Waals surface area contributed by atoms with Crippen molar-refractivity contribution in [1.29, 1.82) is 0 Å². The number of amides is 1. The van der Waals surface area contributed by atoms with E-state index in [1.165, 1.54) is 7.11 Å². The van der Waals surface area contributed by atoms with Crippen LogP contribution in [0.5, 0.6) is 5.88 Å². The third-order valence-corrected chi connectivity index (χ3v) is 3.76. The standard InChI is InChI=1S/C13H18N6O2/c1-18-7-9(13(16-18)21-3)12(20)14-8-4-5-11-10(6-8)15-17-19(11)2/h7-8H,4-6H2,1-3H3,(H,14,20). The predicted molar refractivity (Wildman–Crippen MR) is 74.0 cm³/mol. The van der Waals surface area contributed by atoms with E-state index in [1.807, 2.05) is 7.05 Å². The minimum Gasteiger partial charge on any atom is -0.479 e. The number of rotatable bonds is 3. The number of carbonyl (C=O) groups excluding carboxylic acids is 1. The molecule has 21 heavy (non-hydrogen) atoms. The summed E-state index contributed by atoms with van der Waals surface area (Å²) < 4.78 is 8.49. The smallest absolute Gasteiger partial charge is 0.258 e. The molecule has 2 aromatic heterocycles. The number of aromatic nitrogens is 5. The number of fused-ring (bicyclic) bond motifs is 1. The number of nitrogens with one attached hydrogen (secondary N) is 1. The van der Waals surface area contributed by atoms with Gasteiger partial charge in [0, 0.05) is 32.8 Å². The molecule has 2 heterocycles.